The Morgan fingerprint density at radius 3 is 2.75 bits per heavy atom. The van der Waals surface area contributed by atoms with Gasteiger partial charge in [-0.15, -0.1) is 0 Å². The number of benzene rings is 2. The summed E-state index contributed by atoms with van der Waals surface area (Å²) in [6, 6.07) is 12.4. The molecule has 3 nitrogen and oxygen atoms in total. The van der Waals surface area contributed by atoms with Crippen molar-refractivity contribution in [1.82, 2.24) is 9.78 Å². The molecule has 1 aromatic heterocycles. The molecule has 3 rings (SSSR count). The molecular formula is C15H12BrFN2O. The van der Waals surface area contributed by atoms with Gasteiger partial charge in [0.05, 0.1) is 9.99 Å². The Kier molecular flexibility index (Phi) is 3.31. The molecule has 1 unspecified atom stereocenters. The summed E-state index contributed by atoms with van der Waals surface area (Å²) in [5.74, 6) is -0.463. The molecule has 0 aliphatic heterocycles. The second kappa shape index (κ2) is 5.00. The van der Waals surface area contributed by atoms with Crippen molar-refractivity contribution in [3.8, 4) is 0 Å². The third-order valence-electron chi connectivity index (χ3n) is 3.32. The topological polar surface area (TPSA) is 38.0 Å². The fraction of sp³-hybridized carbons (Fsp3) is 0.133. The lowest BCUT2D eigenvalue weighted by molar-refractivity contribution is 0.210. The fourth-order valence-corrected chi connectivity index (χ4v) is 2.70. The fourth-order valence-electron chi connectivity index (χ4n) is 2.32. The van der Waals surface area contributed by atoms with Crippen LogP contribution < -0.4 is 0 Å². The Balaban J connectivity index is 2.18. The van der Waals surface area contributed by atoms with Crippen molar-refractivity contribution >= 4 is 26.8 Å². The SMILES string of the molecule is Cn1nc(C(O)c2cccc(Br)c2F)c2ccccc21. The number of hydrogen-bond acceptors (Lipinski definition) is 2. The van der Waals surface area contributed by atoms with Gasteiger partial charge in [-0.2, -0.15) is 5.10 Å². The zero-order valence-corrected chi connectivity index (χ0v) is 12.3. The largest absolute Gasteiger partial charge is 0.382 e. The van der Waals surface area contributed by atoms with Gasteiger partial charge in [0.1, 0.15) is 17.6 Å². The van der Waals surface area contributed by atoms with Crippen molar-refractivity contribution in [2.24, 2.45) is 7.05 Å². The maximum absolute atomic E-state index is 14.1. The number of aromatic nitrogens is 2. The van der Waals surface area contributed by atoms with Crippen LogP contribution in [-0.4, -0.2) is 14.9 Å². The van der Waals surface area contributed by atoms with Crippen molar-refractivity contribution < 1.29 is 9.50 Å². The minimum absolute atomic E-state index is 0.211. The molecule has 0 amide bonds. The average Bonchev–Trinajstić information content (AvgIpc) is 2.79. The van der Waals surface area contributed by atoms with Gasteiger partial charge in [0, 0.05) is 18.0 Å². The van der Waals surface area contributed by atoms with E-state index < -0.39 is 11.9 Å². The van der Waals surface area contributed by atoms with Crippen LogP contribution in [0.2, 0.25) is 0 Å². The van der Waals surface area contributed by atoms with Gasteiger partial charge in [-0.3, -0.25) is 4.68 Å². The molecule has 1 atom stereocenters. The van der Waals surface area contributed by atoms with Gasteiger partial charge in [0.2, 0.25) is 0 Å². The molecule has 1 heterocycles. The van der Waals surface area contributed by atoms with Gasteiger partial charge < -0.3 is 5.11 Å². The Hall–Kier alpha value is -1.72. The predicted molar refractivity (Wildman–Crippen MR) is 78.9 cm³/mol. The molecule has 1 N–H and O–H groups in total. The first-order valence-corrected chi connectivity index (χ1v) is 6.92. The number of aliphatic hydroxyl groups excluding tert-OH is 1. The number of aryl methyl sites for hydroxylation is 1. The van der Waals surface area contributed by atoms with Gasteiger partial charge in [0.25, 0.3) is 0 Å². The van der Waals surface area contributed by atoms with Crippen LogP contribution in [0.1, 0.15) is 17.4 Å². The van der Waals surface area contributed by atoms with Crippen LogP contribution in [0.5, 0.6) is 0 Å². The van der Waals surface area contributed by atoms with E-state index in [9.17, 15) is 9.50 Å². The van der Waals surface area contributed by atoms with Gasteiger partial charge in [-0.05, 0) is 28.1 Å². The molecule has 0 bridgehead atoms. The van der Waals surface area contributed by atoms with Crippen molar-refractivity contribution in [1.29, 1.82) is 0 Å². The van der Waals surface area contributed by atoms with Crippen LogP contribution in [-0.2, 0) is 7.05 Å². The number of fused-ring (bicyclic) bond motifs is 1. The summed E-state index contributed by atoms with van der Waals surface area (Å²) in [7, 11) is 1.80. The molecule has 0 aliphatic carbocycles. The first kappa shape index (κ1) is 13.3. The van der Waals surface area contributed by atoms with E-state index in [1.54, 1.807) is 29.9 Å². The zero-order valence-electron chi connectivity index (χ0n) is 10.7. The molecule has 0 fully saturated rings. The summed E-state index contributed by atoms with van der Waals surface area (Å²) in [6.07, 6.45) is -1.10. The van der Waals surface area contributed by atoms with E-state index in [-0.39, 0.29) is 5.56 Å². The maximum atomic E-state index is 14.1. The van der Waals surface area contributed by atoms with E-state index in [4.69, 9.17) is 0 Å². The summed E-state index contributed by atoms with van der Waals surface area (Å²) in [5.41, 5.74) is 1.57. The second-order valence-corrected chi connectivity index (χ2v) is 5.43. The number of nitrogens with zero attached hydrogens (tertiary/aromatic N) is 2. The van der Waals surface area contributed by atoms with Crippen molar-refractivity contribution in [3.05, 3.63) is 64.0 Å². The normalized spacial score (nSPS) is 12.8. The van der Waals surface area contributed by atoms with Gasteiger partial charge in [0.15, 0.2) is 0 Å². The minimum atomic E-state index is -1.10. The lowest BCUT2D eigenvalue weighted by Crippen LogP contribution is -2.05. The summed E-state index contributed by atoms with van der Waals surface area (Å²) < 4.78 is 16.1. The number of para-hydroxylation sites is 1. The van der Waals surface area contributed by atoms with Crippen LogP contribution >= 0.6 is 15.9 Å². The Morgan fingerprint density at radius 2 is 1.95 bits per heavy atom. The van der Waals surface area contributed by atoms with Crippen LogP contribution in [0.3, 0.4) is 0 Å². The molecule has 102 valence electrons. The molecule has 0 saturated carbocycles. The van der Waals surface area contributed by atoms with Crippen LogP contribution in [0.15, 0.2) is 46.9 Å². The van der Waals surface area contributed by atoms with Gasteiger partial charge in [-0.1, -0.05) is 30.3 Å². The second-order valence-electron chi connectivity index (χ2n) is 4.57. The highest BCUT2D eigenvalue weighted by Gasteiger charge is 2.22. The summed E-state index contributed by atoms with van der Waals surface area (Å²) in [6.45, 7) is 0. The number of halogens is 2. The molecule has 0 aliphatic rings. The van der Waals surface area contributed by atoms with Crippen molar-refractivity contribution in [3.63, 3.8) is 0 Å². The molecule has 5 heteroatoms. The van der Waals surface area contributed by atoms with E-state index >= 15 is 0 Å². The summed E-state index contributed by atoms with van der Waals surface area (Å²) in [5, 5.41) is 15.6. The van der Waals surface area contributed by atoms with Gasteiger partial charge in [-0.25, -0.2) is 4.39 Å². The molecule has 0 spiro atoms. The minimum Gasteiger partial charge on any atom is -0.382 e. The summed E-state index contributed by atoms with van der Waals surface area (Å²) in [4.78, 5) is 0. The van der Waals surface area contributed by atoms with E-state index in [0.717, 1.165) is 10.9 Å². The van der Waals surface area contributed by atoms with Gasteiger partial charge >= 0.3 is 0 Å². The highest BCUT2D eigenvalue weighted by molar-refractivity contribution is 9.10. The lowest BCUT2D eigenvalue weighted by Gasteiger charge is -2.11. The molecule has 3 aromatic rings. The van der Waals surface area contributed by atoms with Crippen molar-refractivity contribution in [2.45, 2.75) is 6.10 Å². The highest BCUT2D eigenvalue weighted by atomic mass is 79.9. The first-order chi connectivity index (χ1) is 9.59. The number of aliphatic hydroxyl groups is 1. The Bertz CT molecular complexity index is 785. The van der Waals surface area contributed by atoms with E-state index in [1.165, 1.54) is 0 Å². The van der Waals surface area contributed by atoms with Crippen LogP contribution in [0.25, 0.3) is 10.9 Å². The summed E-state index contributed by atoms with van der Waals surface area (Å²) >= 11 is 3.13. The van der Waals surface area contributed by atoms with Crippen LogP contribution in [0, 0.1) is 5.82 Å². The van der Waals surface area contributed by atoms with Crippen molar-refractivity contribution in [2.75, 3.05) is 0 Å². The molecule has 2 aromatic carbocycles. The quantitative estimate of drug-likeness (QED) is 0.778. The lowest BCUT2D eigenvalue weighted by atomic mass is 10.0. The zero-order chi connectivity index (χ0) is 14.3. The smallest absolute Gasteiger partial charge is 0.143 e. The predicted octanol–water partition coefficient (Wildman–Crippen LogP) is 3.56. The number of hydrogen-bond donors (Lipinski definition) is 1. The standard InChI is InChI=1S/C15H12BrFN2O/c1-19-12-8-3-2-5-9(12)14(18-19)15(20)10-6-4-7-11(16)13(10)17/h2-8,15,20H,1H3. The molecule has 0 radical (unpaired) electrons. The Labute approximate surface area is 123 Å². The molecular weight excluding hydrogens is 323 g/mol. The molecule has 20 heavy (non-hydrogen) atoms. The first-order valence-electron chi connectivity index (χ1n) is 6.13. The third kappa shape index (κ3) is 2.03. The monoisotopic (exact) mass is 334 g/mol. The highest BCUT2D eigenvalue weighted by Crippen LogP contribution is 2.31. The van der Waals surface area contributed by atoms with E-state index in [2.05, 4.69) is 21.0 Å². The maximum Gasteiger partial charge on any atom is 0.143 e. The molecule has 0 saturated heterocycles. The average molecular weight is 335 g/mol. The third-order valence-corrected chi connectivity index (χ3v) is 3.93. The Morgan fingerprint density at radius 1 is 1.20 bits per heavy atom. The number of rotatable bonds is 2. The van der Waals surface area contributed by atoms with Crippen LogP contribution in [0.4, 0.5) is 4.39 Å². The van der Waals surface area contributed by atoms with E-state index in [1.807, 2.05) is 24.3 Å². The van der Waals surface area contributed by atoms with E-state index in [0.29, 0.717) is 10.2 Å².